The van der Waals surface area contributed by atoms with E-state index in [1.165, 1.54) is 33.5 Å². The van der Waals surface area contributed by atoms with Crippen LogP contribution in [0.15, 0.2) is 41.4 Å². The van der Waals surface area contributed by atoms with E-state index in [4.69, 9.17) is 4.74 Å². The standard InChI is InChI=1S/C22H25F3N4O4S/c23-22(24,25)19-10-11-26-21(27-19)33-17-5-4-12-28(15-17)20(30)16-6-8-18(9-7-16)34(31,32)29-13-2-1-3-14-29/h6-11,17H,1-5,12-15H2. The number of hydrogen-bond acceptors (Lipinski definition) is 6. The predicted octanol–water partition coefficient (Wildman–Crippen LogP) is 3.35. The summed E-state index contributed by atoms with van der Waals surface area (Å²) in [4.78, 5) is 21.8. The SMILES string of the molecule is O=C(c1ccc(S(=O)(=O)N2CCCCC2)cc1)N1CCCC(Oc2nccc(C(F)(F)F)n2)C1. The van der Waals surface area contributed by atoms with Gasteiger partial charge >= 0.3 is 12.2 Å². The molecule has 1 aromatic carbocycles. The van der Waals surface area contributed by atoms with Crippen molar-refractivity contribution in [2.75, 3.05) is 26.2 Å². The van der Waals surface area contributed by atoms with Crippen LogP contribution in [-0.4, -0.2) is 65.8 Å². The molecule has 2 fully saturated rings. The molecule has 184 valence electrons. The maximum atomic E-state index is 13.0. The molecule has 1 atom stereocenters. The fraction of sp³-hybridized carbons (Fsp3) is 0.500. The Kier molecular flexibility index (Phi) is 7.08. The molecule has 0 bridgehead atoms. The van der Waals surface area contributed by atoms with Gasteiger partial charge in [-0.3, -0.25) is 4.79 Å². The number of likely N-dealkylation sites (tertiary alicyclic amines) is 1. The summed E-state index contributed by atoms with van der Waals surface area (Å²) in [6.45, 7) is 1.60. The summed E-state index contributed by atoms with van der Waals surface area (Å²) in [5, 5.41) is 0. The van der Waals surface area contributed by atoms with E-state index in [0.29, 0.717) is 38.0 Å². The monoisotopic (exact) mass is 498 g/mol. The number of halogens is 3. The van der Waals surface area contributed by atoms with Gasteiger partial charge in [-0.05, 0) is 56.0 Å². The lowest BCUT2D eigenvalue weighted by Gasteiger charge is -2.32. The Morgan fingerprint density at radius 3 is 2.38 bits per heavy atom. The van der Waals surface area contributed by atoms with Crippen molar-refractivity contribution in [3.05, 3.63) is 47.8 Å². The van der Waals surface area contributed by atoms with Crippen LogP contribution in [0, 0.1) is 0 Å². The molecule has 0 saturated carbocycles. The molecule has 1 amide bonds. The molecule has 8 nitrogen and oxygen atoms in total. The van der Waals surface area contributed by atoms with E-state index in [1.807, 2.05) is 0 Å². The zero-order valence-corrected chi connectivity index (χ0v) is 19.2. The molecular weight excluding hydrogens is 473 g/mol. The third kappa shape index (κ3) is 5.49. The van der Waals surface area contributed by atoms with Crippen molar-refractivity contribution in [3.63, 3.8) is 0 Å². The topological polar surface area (TPSA) is 92.7 Å². The fourth-order valence-corrected chi connectivity index (χ4v) is 5.65. The number of hydrogen-bond donors (Lipinski definition) is 0. The molecule has 1 unspecified atom stereocenters. The molecule has 0 spiro atoms. The van der Waals surface area contributed by atoms with Gasteiger partial charge in [0.2, 0.25) is 10.0 Å². The number of alkyl halides is 3. The van der Waals surface area contributed by atoms with Gasteiger partial charge in [-0.1, -0.05) is 6.42 Å². The summed E-state index contributed by atoms with van der Waals surface area (Å²) < 4.78 is 71.2. The first-order valence-corrected chi connectivity index (χ1v) is 12.5. The van der Waals surface area contributed by atoms with E-state index in [0.717, 1.165) is 31.5 Å². The van der Waals surface area contributed by atoms with E-state index < -0.39 is 28.0 Å². The Morgan fingerprint density at radius 1 is 1.00 bits per heavy atom. The molecule has 4 rings (SSSR count). The Bertz CT molecular complexity index is 1120. The van der Waals surface area contributed by atoms with Gasteiger partial charge in [-0.25, -0.2) is 13.4 Å². The Morgan fingerprint density at radius 2 is 1.71 bits per heavy atom. The van der Waals surface area contributed by atoms with Crippen molar-refractivity contribution < 1.29 is 31.1 Å². The number of benzene rings is 1. The van der Waals surface area contributed by atoms with Crippen LogP contribution < -0.4 is 4.74 Å². The van der Waals surface area contributed by atoms with Gasteiger partial charge in [0.15, 0.2) is 5.69 Å². The normalized spacial score (nSPS) is 20.2. The second-order valence-electron chi connectivity index (χ2n) is 8.34. The molecule has 2 aliphatic rings. The number of ether oxygens (including phenoxy) is 1. The zero-order chi connectivity index (χ0) is 24.3. The lowest BCUT2D eigenvalue weighted by molar-refractivity contribution is -0.141. The molecule has 0 aliphatic carbocycles. The molecule has 2 aliphatic heterocycles. The van der Waals surface area contributed by atoms with Crippen molar-refractivity contribution in [3.8, 4) is 6.01 Å². The van der Waals surface area contributed by atoms with E-state index in [2.05, 4.69) is 9.97 Å². The van der Waals surface area contributed by atoms with Crippen LogP contribution in [0.4, 0.5) is 13.2 Å². The third-order valence-corrected chi connectivity index (χ3v) is 7.83. The fourth-order valence-electron chi connectivity index (χ4n) is 4.13. The van der Waals surface area contributed by atoms with Gasteiger partial charge in [0.25, 0.3) is 5.91 Å². The highest BCUT2D eigenvalue weighted by atomic mass is 32.2. The van der Waals surface area contributed by atoms with Crippen LogP contribution >= 0.6 is 0 Å². The summed E-state index contributed by atoms with van der Waals surface area (Å²) in [6.07, 6.45) is -0.369. The van der Waals surface area contributed by atoms with Crippen LogP contribution in [0.3, 0.4) is 0 Å². The van der Waals surface area contributed by atoms with Gasteiger partial charge in [0.05, 0.1) is 11.4 Å². The minimum Gasteiger partial charge on any atom is -0.458 e. The van der Waals surface area contributed by atoms with Gasteiger partial charge in [-0.15, -0.1) is 0 Å². The molecular formula is C22H25F3N4O4S. The van der Waals surface area contributed by atoms with Gasteiger partial charge < -0.3 is 9.64 Å². The highest BCUT2D eigenvalue weighted by molar-refractivity contribution is 7.89. The average Bonchev–Trinajstić information content (AvgIpc) is 2.84. The minimum atomic E-state index is -4.61. The maximum Gasteiger partial charge on any atom is 0.433 e. The number of carbonyl (C=O) groups is 1. The largest absolute Gasteiger partial charge is 0.458 e. The van der Waals surface area contributed by atoms with Gasteiger partial charge in [-0.2, -0.15) is 22.5 Å². The molecule has 12 heteroatoms. The molecule has 1 aromatic heterocycles. The summed E-state index contributed by atoms with van der Waals surface area (Å²) >= 11 is 0. The number of aromatic nitrogens is 2. The summed E-state index contributed by atoms with van der Waals surface area (Å²) in [7, 11) is -3.59. The quantitative estimate of drug-likeness (QED) is 0.628. The number of rotatable bonds is 5. The lowest BCUT2D eigenvalue weighted by Crippen LogP contribution is -2.44. The summed E-state index contributed by atoms with van der Waals surface area (Å²) in [5.74, 6) is -0.305. The number of nitrogens with zero attached hydrogens (tertiary/aromatic N) is 4. The zero-order valence-electron chi connectivity index (χ0n) is 18.4. The van der Waals surface area contributed by atoms with E-state index >= 15 is 0 Å². The molecule has 2 aromatic rings. The first kappa shape index (κ1) is 24.4. The van der Waals surface area contributed by atoms with Crippen LogP contribution in [0.2, 0.25) is 0 Å². The van der Waals surface area contributed by atoms with Crippen LogP contribution in [0.5, 0.6) is 6.01 Å². The Balaban J connectivity index is 1.41. The molecule has 0 radical (unpaired) electrons. The molecule has 2 saturated heterocycles. The van der Waals surface area contributed by atoms with E-state index in [-0.39, 0.29) is 23.4 Å². The first-order chi connectivity index (χ1) is 16.1. The van der Waals surface area contributed by atoms with Crippen molar-refractivity contribution in [1.82, 2.24) is 19.2 Å². The minimum absolute atomic E-state index is 0.146. The van der Waals surface area contributed by atoms with Crippen molar-refractivity contribution in [2.24, 2.45) is 0 Å². The summed E-state index contributed by atoms with van der Waals surface area (Å²) in [5.41, 5.74) is -0.769. The van der Waals surface area contributed by atoms with Crippen molar-refractivity contribution in [2.45, 2.75) is 49.3 Å². The first-order valence-electron chi connectivity index (χ1n) is 11.1. The Labute approximate surface area is 195 Å². The van der Waals surface area contributed by atoms with Gasteiger partial charge in [0.1, 0.15) is 6.10 Å². The molecule has 0 N–H and O–H groups in total. The molecule has 3 heterocycles. The highest BCUT2D eigenvalue weighted by Crippen LogP contribution is 2.28. The second kappa shape index (κ2) is 9.87. The van der Waals surface area contributed by atoms with Crippen LogP contribution in [0.1, 0.15) is 48.2 Å². The van der Waals surface area contributed by atoms with Gasteiger partial charge in [0, 0.05) is 31.4 Å². The smallest absolute Gasteiger partial charge is 0.433 e. The second-order valence-corrected chi connectivity index (χ2v) is 10.3. The highest BCUT2D eigenvalue weighted by Gasteiger charge is 2.34. The number of carbonyl (C=O) groups excluding carboxylic acids is 1. The summed E-state index contributed by atoms with van der Waals surface area (Å²) in [6, 6.07) is 6.22. The van der Waals surface area contributed by atoms with Crippen molar-refractivity contribution in [1.29, 1.82) is 0 Å². The number of amides is 1. The van der Waals surface area contributed by atoms with Crippen LogP contribution in [0.25, 0.3) is 0 Å². The molecule has 34 heavy (non-hydrogen) atoms. The van der Waals surface area contributed by atoms with E-state index in [1.54, 1.807) is 0 Å². The third-order valence-electron chi connectivity index (χ3n) is 5.92. The lowest BCUT2D eigenvalue weighted by atomic mass is 10.1. The Hall–Kier alpha value is -2.73. The predicted molar refractivity (Wildman–Crippen MR) is 116 cm³/mol. The number of piperidine rings is 2. The van der Waals surface area contributed by atoms with Crippen molar-refractivity contribution >= 4 is 15.9 Å². The van der Waals surface area contributed by atoms with E-state index in [9.17, 15) is 26.4 Å². The van der Waals surface area contributed by atoms with Crippen LogP contribution in [-0.2, 0) is 16.2 Å². The maximum absolute atomic E-state index is 13.0. The number of sulfonamides is 1. The average molecular weight is 499 g/mol.